The van der Waals surface area contributed by atoms with Gasteiger partial charge >= 0.3 is 0 Å². The van der Waals surface area contributed by atoms with Crippen LogP contribution in [-0.2, 0) is 9.84 Å². The molecule has 1 aromatic carbocycles. The van der Waals surface area contributed by atoms with Gasteiger partial charge in [0.25, 0.3) is 0 Å². The first-order valence-electron chi connectivity index (χ1n) is 5.08. The zero-order chi connectivity index (χ0) is 11.6. The monoisotopic (exact) mass is 233 g/mol. The molecule has 0 amide bonds. The van der Waals surface area contributed by atoms with E-state index < -0.39 is 9.84 Å². The molecule has 1 aromatic rings. The summed E-state index contributed by atoms with van der Waals surface area (Å²) in [6.07, 6.45) is 10.0. The molecule has 0 aromatic heterocycles. The van der Waals surface area contributed by atoms with E-state index in [0.717, 1.165) is 17.6 Å². The van der Waals surface area contributed by atoms with Crippen LogP contribution in [0, 0.1) is 6.42 Å². The van der Waals surface area contributed by atoms with Crippen molar-refractivity contribution in [1.82, 2.24) is 0 Å². The van der Waals surface area contributed by atoms with E-state index in [9.17, 15) is 8.42 Å². The highest BCUT2D eigenvalue weighted by Gasteiger charge is 2.15. The van der Waals surface area contributed by atoms with Gasteiger partial charge in [0.15, 0.2) is 9.84 Å². The van der Waals surface area contributed by atoms with Crippen LogP contribution in [-0.4, -0.2) is 14.7 Å². The first kappa shape index (κ1) is 11.1. The maximum atomic E-state index is 11.6. The molecule has 0 aliphatic heterocycles. The minimum absolute atomic E-state index is 0.396. The third kappa shape index (κ3) is 2.25. The van der Waals surface area contributed by atoms with Crippen molar-refractivity contribution in [2.45, 2.75) is 11.3 Å². The molecule has 0 bridgehead atoms. The minimum atomic E-state index is -3.17. The number of hydrogen-bond donors (Lipinski definition) is 0. The van der Waals surface area contributed by atoms with Crippen molar-refractivity contribution in [2.75, 3.05) is 6.26 Å². The van der Waals surface area contributed by atoms with E-state index in [1.807, 2.05) is 36.8 Å². The third-order valence-electron chi connectivity index (χ3n) is 2.48. The summed E-state index contributed by atoms with van der Waals surface area (Å²) >= 11 is 0. The summed E-state index contributed by atoms with van der Waals surface area (Å²) in [7, 11) is -3.17. The zero-order valence-corrected chi connectivity index (χ0v) is 9.87. The van der Waals surface area contributed by atoms with E-state index in [0.29, 0.717) is 4.90 Å². The Morgan fingerprint density at radius 1 is 1.19 bits per heavy atom. The molecule has 1 radical (unpaired) electrons. The quantitative estimate of drug-likeness (QED) is 0.787. The summed E-state index contributed by atoms with van der Waals surface area (Å²) in [5.41, 5.74) is 1.76. The lowest BCUT2D eigenvalue weighted by Gasteiger charge is -2.12. The van der Waals surface area contributed by atoms with Crippen LogP contribution in [0.4, 0.5) is 0 Å². The summed E-state index contributed by atoms with van der Waals surface area (Å²) in [4.78, 5) is 0.396. The van der Waals surface area contributed by atoms with E-state index >= 15 is 0 Å². The SMILES string of the molecule is CS(=O)(=O)c1ccccc1C1=CC=CC[CH]1. The molecule has 0 saturated carbocycles. The van der Waals surface area contributed by atoms with Crippen molar-refractivity contribution < 1.29 is 8.42 Å². The van der Waals surface area contributed by atoms with Gasteiger partial charge in [-0.3, -0.25) is 0 Å². The van der Waals surface area contributed by atoms with Crippen molar-refractivity contribution in [1.29, 1.82) is 0 Å². The lowest BCUT2D eigenvalue weighted by molar-refractivity contribution is 0.601. The van der Waals surface area contributed by atoms with Crippen LogP contribution in [0.3, 0.4) is 0 Å². The van der Waals surface area contributed by atoms with Crippen molar-refractivity contribution in [3.05, 3.63) is 54.5 Å². The predicted molar refractivity (Wildman–Crippen MR) is 65.6 cm³/mol. The van der Waals surface area contributed by atoms with E-state index in [1.165, 1.54) is 6.26 Å². The van der Waals surface area contributed by atoms with Gasteiger partial charge in [-0.25, -0.2) is 8.42 Å². The molecule has 0 heterocycles. The summed E-state index contributed by atoms with van der Waals surface area (Å²) < 4.78 is 23.3. The molecule has 1 aliphatic carbocycles. The Kier molecular flexibility index (Phi) is 2.97. The Balaban J connectivity index is 2.57. The Morgan fingerprint density at radius 2 is 1.94 bits per heavy atom. The summed E-state index contributed by atoms with van der Waals surface area (Å²) in [6, 6.07) is 7.10. The fourth-order valence-corrected chi connectivity index (χ4v) is 2.65. The highest BCUT2D eigenvalue weighted by molar-refractivity contribution is 7.90. The van der Waals surface area contributed by atoms with Crippen LogP contribution in [0.5, 0.6) is 0 Å². The molecule has 0 fully saturated rings. The fourth-order valence-electron chi connectivity index (χ4n) is 1.74. The molecule has 2 rings (SSSR count). The van der Waals surface area contributed by atoms with Crippen LogP contribution in [0.1, 0.15) is 12.0 Å². The Morgan fingerprint density at radius 3 is 2.56 bits per heavy atom. The highest BCUT2D eigenvalue weighted by Crippen LogP contribution is 2.28. The minimum Gasteiger partial charge on any atom is -0.224 e. The van der Waals surface area contributed by atoms with E-state index in [2.05, 4.69) is 0 Å². The zero-order valence-electron chi connectivity index (χ0n) is 9.05. The molecule has 3 heteroatoms. The molecule has 0 unspecified atom stereocenters. The van der Waals surface area contributed by atoms with E-state index in [4.69, 9.17) is 0 Å². The molecule has 0 spiro atoms. The Hall–Kier alpha value is -1.35. The van der Waals surface area contributed by atoms with Gasteiger partial charge < -0.3 is 0 Å². The van der Waals surface area contributed by atoms with E-state index in [-0.39, 0.29) is 0 Å². The van der Waals surface area contributed by atoms with Gasteiger partial charge in [-0.05, 0) is 30.0 Å². The Labute approximate surface area is 96.2 Å². The van der Waals surface area contributed by atoms with Gasteiger partial charge in [0, 0.05) is 6.26 Å². The third-order valence-corrected chi connectivity index (χ3v) is 3.64. The molecule has 0 N–H and O–H groups in total. The normalized spacial score (nSPS) is 15.9. The lowest BCUT2D eigenvalue weighted by Crippen LogP contribution is -2.02. The number of benzene rings is 1. The van der Waals surface area contributed by atoms with Gasteiger partial charge in [0.05, 0.1) is 4.90 Å². The first-order chi connectivity index (χ1) is 7.59. The number of allylic oxidation sites excluding steroid dienone is 4. The highest BCUT2D eigenvalue weighted by atomic mass is 32.2. The fraction of sp³-hybridized carbons (Fsp3) is 0.154. The summed E-state index contributed by atoms with van der Waals surface area (Å²) in [5, 5.41) is 0. The largest absolute Gasteiger partial charge is 0.224 e. The van der Waals surface area contributed by atoms with Gasteiger partial charge in [0.1, 0.15) is 0 Å². The van der Waals surface area contributed by atoms with Crippen LogP contribution in [0.2, 0.25) is 0 Å². The molecule has 83 valence electrons. The molecule has 0 atom stereocenters. The molecular formula is C13H13O2S. The second kappa shape index (κ2) is 4.26. The van der Waals surface area contributed by atoms with Gasteiger partial charge in [-0.2, -0.15) is 0 Å². The average Bonchev–Trinajstić information content (AvgIpc) is 2.29. The van der Waals surface area contributed by atoms with Crippen LogP contribution < -0.4 is 0 Å². The number of sulfone groups is 1. The van der Waals surface area contributed by atoms with Gasteiger partial charge in [-0.15, -0.1) is 0 Å². The van der Waals surface area contributed by atoms with Crippen molar-refractivity contribution >= 4 is 15.4 Å². The molecule has 1 aliphatic rings. The van der Waals surface area contributed by atoms with Crippen molar-refractivity contribution in [2.24, 2.45) is 0 Å². The van der Waals surface area contributed by atoms with Crippen LogP contribution in [0.25, 0.3) is 5.57 Å². The maximum absolute atomic E-state index is 11.6. The van der Waals surface area contributed by atoms with Crippen molar-refractivity contribution in [3.63, 3.8) is 0 Å². The summed E-state index contributed by atoms with van der Waals surface area (Å²) in [6.45, 7) is 0. The molecule has 0 saturated heterocycles. The molecular weight excluding hydrogens is 220 g/mol. The van der Waals surface area contributed by atoms with Crippen molar-refractivity contribution in [3.8, 4) is 0 Å². The van der Waals surface area contributed by atoms with E-state index in [1.54, 1.807) is 12.1 Å². The average molecular weight is 233 g/mol. The maximum Gasteiger partial charge on any atom is 0.176 e. The Bertz CT molecular complexity index is 551. The smallest absolute Gasteiger partial charge is 0.176 e. The van der Waals surface area contributed by atoms with Gasteiger partial charge in [-0.1, -0.05) is 36.4 Å². The van der Waals surface area contributed by atoms with Gasteiger partial charge in [0.2, 0.25) is 0 Å². The second-order valence-electron chi connectivity index (χ2n) is 3.76. The van der Waals surface area contributed by atoms with Crippen LogP contribution in [0.15, 0.2) is 47.4 Å². The molecule has 16 heavy (non-hydrogen) atoms. The predicted octanol–water partition coefficient (Wildman–Crippen LogP) is 2.64. The lowest BCUT2D eigenvalue weighted by atomic mass is 9.97. The topological polar surface area (TPSA) is 34.1 Å². The number of hydrogen-bond acceptors (Lipinski definition) is 2. The second-order valence-corrected chi connectivity index (χ2v) is 5.74. The summed E-state index contributed by atoms with van der Waals surface area (Å²) in [5.74, 6) is 0. The molecule has 2 nitrogen and oxygen atoms in total. The van der Waals surface area contributed by atoms with Crippen LogP contribution >= 0.6 is 0 Å². The number of rotatable bonds is 2. The standard InChI is InChI=1S/C13H13O2S/c1-16(14,15)13-10-6-5-9-12(13)11-7-3-2-4-8-11/h2-3,5-10H,4H2,1H3. The first-order valence-corrected chi connectivity index (χ1v) is 6.97.